The van der Waals surface area contributed by atoms with Gasteiger partial charge in [-0.25, -0.2) is 0 Å². The molecule has 0 heterocycles. The standard InChI is InChI=1S/C14H24O5S3/c1-14(2,22-13(20)21-10-7-11(16)17)12(18)19-9-6-4-3-5-8-15/h15H,3-10H2,1-2H3,(H,16,17). The van der Waals surface area contributed by atoms with Crippen LogP contribution in [0.15, 0.2) is 0 Å². The average Bonchev–Trinajstić information content (AvgIpc) is 2.41. The molecule has 0 aliphatic carbocycles. The second-order valence-corrected chi connectivity index (χ2v) is 9.05. The quantitative estimate of drug-likeness (QED) is 0.327. The van der Waals surface area contributed by atoms with E-state index in [-0.39, 0.29) is 19.0 Å². The second-order valence-electron chi connectivity index (χ2n) is 5.13. The molecule has 0 unspecified atom stereocenters. The predicted octanol–water partition coefficient (Wildman–Crippen LogP) is 3.09. The molecule has 22 heavy (non-hydrogen) atoms. The van der Waals surface area contributed by atoms with Gasteiger partial charge < -0.3 is 14.9 Å². The van der Waals surface area contributed by atoms with E-state index in [2.05, 4.69) is 0 Å². The van der Waals surface area contributed by atoms with Crippen molar-refractivity contribution in [1.29, 1.82) is 0 Å². The zero-order valence-electron chi connectivity index (χ0n) is 13.0. The van der Waals surface area contributed by atoms with Crippen molar-refractivity contribution in [3.05, 3.63) is 0 Å². The van der Waals surface area contributed by atoms with E-state index in [0.29, 0.717) is 15.9 Å². The first-order valence-corrected chi connectivity index (χ1v) is 9.36. The van der Waals surface area contributed by atoms with Gasteiger partial charge in [-0.3, -0.25) is 9.59 Å². The normalized spacial score (nSPS) is 11.2. The van der Waals surface area contributed by atoms with Crippen molar-refractivity contribution >= 4 is 51.2 Å². The molecule has 0 radical (unpaired) electrons. The molecule has 0 atom stereocenters. The summed E-state index contributed by atoms with van der Waals surface area (Å²) in [6.07, 6.45) is 3.45. The van der Waals surface area contributed by atoms with Crippen LogP contribution in [0.5, 0.6) is 0 Å². The van der Waals surface area contributed by atoms with Gasteiger partial charge in [0.05, 0.1) is 13.0 Å². The summed E-state index contributed by atoms with van der Waals surface area (Å²) in [5.41, 5.74) is 0. The number of esters is 1. The molecule has 0 saturated heterocycles. The van der Waals surface area contributed by atoms with Crippen LogP contribution >= 0.6 is 35.7 Å². The number of thiocarbonyl (C=S) groups is 1. The third kappa shape index (κ3) is 11.3. The number of carbonyl (C=O) groups is 2. The third-order valence-corrected chi connectivity index (χ3v) is 5.35. The second kappa shape index (κ2) is 12.2. The fourth-order valence-corrected chi connectivity index (χ4v) is 4.40. The van der Waals surface area contributed by atoms with E-state index in [1.165, 1.54) is 23.5 Å². The molecule has 0 aliphatic heterocycles. The zero-order chi connectivity index (χ0) is 17.0. The molecule has 2 N–H and O–H groups in total. The number of rotatable bonds is 11. The lowest BCUT2D eigenvalue weighted by atomic mass is 10.2. The number of aliphatic carboxylic acids is 1. The van der Waals surface area contributed by atoms with Crippen molar-refractivity contribution in [3.8, 4) is 0 Å². The lowest BCUT2D eigenvalue weighted by Crippen LogP contribution is -2.31. The van der Waals surface area contributed by atoms with Crippen molar-refractivity contribution in [2.45, 2.75) is 50.7 Å². The van der Waals surface area contributed by atoms with Crippen molar-refractivity contribution < 1.29 is 24.5 Å². The third-order valence-electron chi connectivity index (χ3n) is 2.65. The van der Waals surface area contributed by atoms with Crippen LogP contribution in [-0.4, -0.2) is 49.4 Å². The molecular formula is C14H24O5S3. The fraction of sp³-hybridized carbons (Fsp3) is 0.786. The van der Waals surface area contributed by atoms with Gasteiger partial charge in [-0.15, -0.1) is 11.8 Å². The first-order valence-electron chi connectivity index (χ1n) is 7.15. The van der Waals surface area contributed by atoms with Gasteiger partial charge in [-0.05, 0) is 33.1 Å². The van der Waals surface area contributed by atoms with E-state index < -0.39 is 10.7 Å². The molecule has 0 saturated carbocycles. The van der Waals surface area contributed by atoms with Gasteiger partial charge in [-0.1, -0.05) is 30.4 Å². The number of carboxylic acid groups (broad SMARTS) is 1. The Morgan fingerprint density at radius 3 is 2.41 bits per heavy atom. The monoisotopic (exact) mass is 368 g/mol. The topological polar surface area (TPSA) is 83.8 Å². The van der Waals surface area contributed by atoms with E-state index in [1.807, 2.05) is 0 Å². The molecule has 0 bridgehead atoms. The Hall–Kier alpha value is -0.310. The summed E-state index contributed by atoms with van der Waals surface area (Å²) in [6, 6.07) is 0. The number of carboxylic acids is 1. The molecule has 0 aromatic heterocycles. The number of hydrogen-bond donors (Lipinski definition) is 2. The van der Waals surface area contributed by atoms with Crippen LogP contribution in [0.25, 0.3) is 0 Å². The Labute approximate surface area is 145 Å². The summed E-state index contributed by atoms with van der Waals surface area (Å²) in [5.74, 6) is -0.780. The van der Waals surface area contributed by atoms with Gasteiger partial charge in [0.25, 0.3) is 0 Å². The van der Waals surface area contributed by atoms with E-state index in [4.69, 9.17) is 27.2 Å². The summed E-state index contributed by atoms with van der Waals surface area (Å²) in [7, 11) is 0. The molecule has 0 aromatic carbocycles. The summed E-state index contributed by atoms with van der Waals surface area (Å²) in [4.78, 5) is 22.5. The Balaban J connectivity index is 3.95. The molecule has 0 rings (SSSR count). The van der Waals surface area contributed by atoms with E-state index in [1.54, 1.807) is 13.8 Å². The number of ether oxygens (including phenoxy) is 1. The van der Waals surface area contributed by atoms with Gasteiger partial charge >= 0.3 is 11.9 Å². The van der Waals surface area contributed by atoms with Gasteiger partial charge in [0, 0.05) is 12.4 Å². The van der Waals surface area contributed by atoms with E-state index in [9.17, 15) is 9.59 Å². The molecule has 0 fully saturated rings. The highest BCUT2D eigenvalue weighted by Crippen LogP contribution is 2.32. The maximum absolute atomic E-state index is 12.0. The molecular weight excluding hydrogens is 344 g/mol. The lowest BCUT2D eigenvalue weighted by molar-refractivity contribution is -0.145. The smallest absolute Gasteiger partial charge is 0.322 e. The van der Waals surface area contributed by atoms with Crippen LogP contribution in [0.3, 0.4) is 0 Å². The highest BCUT2D eigenvalue weighted by atomic mass is 32.2. The molecule has 8 heteroatoms. The van der Waals surface area contributed by atoms with Crippen LogP contribution in [-0.2, 0) is 14.3 Å². The van der Waals surface area contributed by atoms with Crippen LogP contribution in [0.2, 0.25) is 0 Å². The van der Waals surface area contributed by atoms with Crippen molar-refractivity contribution in [2.24, 2.45) is 0 Å². The fourth-order valence-electron chi connectivity index (χ4n) is 1.41. The highest BCUT2D eigenvalue weighted by Gasteiger charge is 2.31. The Kier molecular flexibility index (Phi) is 12.0. The minimum absolute atomic E-state index is 0.0457. The van der Waals surface area contributed by atoms with Crippen LogP contribution in [0.4, 0.5) is 0 Å². The Bertz CT molecular complexity index is 371. The minimum atomic E-state index is -0.861. The highest BCUT2D eigenvalue weighted by molar-refractivity contribution is 8.47. The summed E-state index contributed by atoms with van der Waals surface area (Å²) in [5, 5.41) is 17.2. The summed E-state index contributed by atoms with van der Waals surface area (Å²) < 4.78 is 5.01. The SMILES string of the molecule is CC(C)(SC(=S)SCCC(=O)O)C(=O)OCCCCCCO. The maximum atomic E-state index is 12.0. The maximum Gasteiger partial charge on any atom is 0.322 e. The zero-order valence-corrected chi connectivity index (χ0v) is 15.5. The Morgan fingerprint density at radius 2 is 1.82 bits per heavy atom. The summed E-state index contributed by atoms with van der Waals surface area (Å²) in [6.45, 7) is 4.05. The van der Waals surface area contributed by atoms with E-state index >= 15 is 0 Å². The van der Waals surface area contributed by atoms with E-state index in [0.717, 1.165) is 25.7 Å². The Morgan fingerprint density at radius 1 is 1.18 bits per heavy atom. The van der Waals surface area contributed by atoms with Crippen molar-refractivity contribution in [3.63, 3.8) is 0 Å². The van der Waals surface area contributed by atoms with Gasteiger partial charge in [0.15, 0.2) is 0 Å². The van der Waals surface area contributed by atoms with Gasteiger partial charge in [0.2, 0.25) is 0 Å². The molecule has 0 amide bonds. The van der Waals surface area contributed by atoms with Crippen LogP contribution in [0, 0.1) is 0 Å². The molecule has 0 aromatic rings. The predicted molar refractivity (Wildman–Crippen MR) is 95.5 cm³/mol. The van der Waals surface area contributed by atoms with Crippen LogP contribution in [0.1, 0.15) is 46.0 Å². The largest absolute Gasteiger partial charge is 0.481 e. The molecule has 0 spiro atoms. The summed E-state index contributed by atoms with van der Waals surface area (Å²) >= 11 is 7.65. The van der Waals surface area contributed by atoms with Gasteiger partial charge in [-0.2, -0.15) is 0 Å². The number of aliphatic hydroxyl groups is 1. The first-order chi connectivity index (χ1) is 10.3. The van der Waals surface area contributed by atoms with Crippen molar-refractivity contribution in [1.82, 2.24) is 0 Å². The minimum Gasteiger partial charge on any atom is -0.481 e. The number of thioether (sulfide) groups is 2. The van der Waals surface area contributed by atoms with Crippen molar-refractivity contribution in [2.75, 3.05) is 19.0 Å². The number of hydrogen-bond acceptors (Lipinski definition) is 7. The lowest BCUT2D eigenvalue weighted by Gasteiger charge is -2.21. The first kappa shape index (κ1) is 21.7. The number of aliphatic hydroxyl groups excluding tert-OH is 1. The molecule has 128 valence electrons. The van der Waals surface area contributed by atoms with Crippen LogP contribution < -0.4 is 0 Å². The average molecular weight is 369 g/mol. The molecule has 5 nitrogen and oxygen atoms in total. The number of unbranched alkanes of at least 4 members (excludes halogenated alkanes) is 3. The molecule has 0 aliphatic rings. The number of carbonyl (C=O) groups excluding carboxylic acids is 1. The van der Waals surface area contributed by atoms with Gasteiger partial charge in [0.1, 0.15) is 8.28 Å².